The lowest BCUT2D eigenvalue weighted by molar-refractivity contribution is 0.442. The van der Waals surface area contributed by atoms with E-state index in [9.17, 15) is 0 Å². The Balaban J connectivity index is 1.08. The van der Waals surface area contributed by atoms with E-state index in [0.29, 0.717) is 0 Å². The Hall–Kier alpha value is -7.34. The first-order valence-corrected chi connectivity index (χ1v) is 19.6. The van der Waals surface area contributed by atoms with Crippen molar-refractivity contribution in [1.82, 2.24) is 19.8 Å². The molecule has 0 fully saturated rings. The molecule has 0 amide bonds. The van der Waals surface area contributed by atoms with Gasteiger partial charge in [0.25, 0.3) is 0 Å². The highest BCUT2D eigenvalue weighted by Crippen LogP contribution is 2.44. The van der Waals surface area contributed by atoms with Crippen molar-refractivity contribution in [3.8, 4) is 11.4 Å². The lowest BCUT2D eigenvalue weighted by Gasteiger charge is -2.33. The Morgan fingerprint density at radius 1 is 0.439 bits per heavy atom. The van der Waals surface area contributed by atoms with Crippen LogP contribution in [0.5, 0.6) is 0 Å². The fourth-order valence-electron chi connectivity index (χ4n) is 9.21. The monoisotopic (exact) mass is 732 g/mol. The summed E-state index contributed by atoms with van der Waals surface area (Å²) in [4.78, 5) is 0. The fraction of sp³-hybridized carbons (Fsp3) is 0.0385. The van der Waals surface area contributed by atoms with E-state index in [1.165, 1.54) is 43.7 Å². The number of nitrogens with one attached hydrogen (secondary N) is 2. The van der Waals surface area contributed by atoms with Crippen molar-refractivity contribution in [3.63, 3.8) is 0 Å². The molecule has 1 aliphatic rings. The van der Waals surface area contributed by atoms with Gasteiger partial charge >= 0.3 is 0 Å². The summed E-state index contributed by atoms with van der Waals surface area (Å²) in [5, 5.41) is 14.9. The molecule has 11 aromatic rings. The van der Waals surface area contributed by atoms with Gasteiger partial charge in [-0.05, 0) is 71.3 Å². The van der Waals surface area contributed by atoms with E-state index < -0.39 is 0 Å². The van der Waals surface area contributed by atoms with Gasteiger partial charge < -0.3 is 18.9 Å². The van der Waals surface area contributed by atoms with Gasteiger partial charge in [-0.25, -0.2) is 0 Å². The molecule has 270 valence electrons. The highest BCUT2D eigenvalue weighted by Gasteiger charge is 2.26. The summed E-state index contributed by atoms with van der Waals surface area (Å²) in [7, 11) is 0. The molecule has 0 radical (unpaired) electrons. The van der Waals surface area contributed by atoms with Crippen molar-refractivity contribution < 1.29 is 4.42 Å². The first kappa shape index (κ1) is 32.0. The highest BCUT2D eigenvalue weighted by atomic mass is 16.3. The Morgan fingerprint density at radius 2 is 1.14 bits per heavy atom. The molecular formula is C52H36N4O. The van der Waals surface area contributed by atoms with Crippen molar-refractivity contribution in [2.45, 2.75) is 12.2 Å². The summed E-state index contributed by atoms with van der Waals surface area (Å²) < 4.78 is 11.3. The molecule has 2 atom stereocenters. The van der Waals surface area contributed by atoms with E-state index in [1.54, 1.807) is 0 Å². The lowest BCUT2D eigenvalue weighted by atomic mass is 9.98. The van der Waals surface area contributed by atoms with Crippen LogP contribution in [0.4, 0.5) is 0 Å². The number of para-hydroxylation sites is 3. The van der Waals surface area contributed by atoms with E-state index >= 15 is 0 Å². The second kappa shape index (κ2) is 12.6. The average Bonchev–Trinajstić information content (AvgIpc) is 3.93. The van der Waals surface area contributed by atoms with E-state index in [2.05, 4.69) is 208 Å². The number of benzene rings is 8. The molecule has 0 saturated carbocycles. The smallest absolute Gasteiger partial charge is 0.137 e. The highest BCUT2D eigenvalue weighted by molar-refractivity contribution is 6.27. The maximum atomic E-state index is 6.46. The van der Waals surface area contributed by atoms with E-state index in [4.69, 9.17) is 4.42 Å². The Morgan fingerprint density at radius 3 is 1.98 bits per heavy atom. The third-order valence-electron chi connectivity index (χ3n) is 11.8. The van der Waals surface area contributed by atoms with E-state index in [-0.39, 0.29) is 12.2 Å². The van der Waals surface area contributed by atoms with Crippen LogP contribution >= 0.6 is 0 Å². The molecule has 5 nitrogen and oxygen atoms in total. The number of hydrogen-bond acceptors (Lipinski definition) is 3. The maximum absolute atomic E-state index is 6.46. The zero-order valence-corrected chi connectivity index (χ0v) is 30.9. The van der Waals surface area contributed by atoms with Crippen LogP contribution in [0.25, 0.3) is 82.6 Å². The van der Waals surface area contributed by atoms with Gasteiger partial charge in [-0.2, -0.15) is 0 Å². The van der Waals surface area contributed by atoms with Gasteiger partial charge in [0.1, 0.15) is 17.3 Å². The fourth-order valence-corrected chi connectivity index (χ4v) is 9.21. The third kappa shape index (κ3) is 4.99. The average molecular weight is 733 g/mol. The van der Waals surface area contributed by atoms with Gasteiger partial charge in [0, 0.05) is 55.5 Å². The van der Waals surface area contributed by atoms with Gasteiger partial charge in [0.2, 0.25) is 0 Å². The lowest BCUT2D eigenvalue weighted by Crippen LogP contribution is -2.39. The molecule has 2 unspecified atom stereocenters. The molecule has 3 aromatic heterocycles. The van der Waals surface area contributed by atoms with Gasteiger partial charge in [-0.15, -0.1) is 0 Å². The Kier molecular flexibility index (Phi) is 7.06. The van der Waals surface area contributed by atoms with Crippen LogP contribution in [0, 0.1) is 0 Å². The minimum Gasteiger partial charge on any atom is -0.456 e. The molecule has 2 N–H and O–H groups in total. The number of rotatable bonds is 5. The zero-order valence-electron chi connectivity index (χ0n) is 30.9. The summed E-state index contributed by atoms with van der Waals surface area (Å²) in [6, 6.07) is 67.4. The van der Waals surface area contributed by atoms with E-state index in [1.807, 2.05) is 6.07 Å². The first-order chi connectivity index (χ1) is 28.3. The molecule has 4 heterocycles. The van der Waals surface area contributed by atoms with Gasteiger partial charge in [0.05, 0.1) is 28.1 Å². The van der Waals surface area contributed by atoms with Crippen LogP contribution in [-0.4, -0.2) is 9.13 Å². The van der Waals surface area contributed by atoms with Crippen molar-refractivity contribution >= 4 is 71.2 Å². The molecule has 0 spiro atoms. The largest absolute Gasteiger partial charge is 0.456 e. The van der Waals surface area contributed by atoms with E-state index in [0.717, 1.165) is 55.6 Å². The standard InChI is InChI=1S/C52H36N4O/c1-4-15-33(16-5-1)43-31-44(34-17-6-2-7-18-34)54-52(53-43)35-19-14-22-37(29-35)55-45-25-12-10-24-40(45)50-46(55)28-27-39-41-30-42-38-23-11-13-26-48(38)57-49(42)32-47(41)56(51(39)50)36-20-8-3-9-21-36/h1-32,43,52-54H. The number of aromatic nitrogens is 2. The molecule has 8 aromatic carbocycles. The molecule has 0 aliphatic carbocycles. The SMILES string of the molecule is C1=C(c2ccccc2)NC(c2cccc(-n3c4ccccc4c4c3ccc3c5cc6c(cc5n(-c5ccccc5)c34)oc3ccccc36)c2)NC1c1ccccc1. The van der Waals surface area contributed by atoms with Crippen LogP contribution < -0.4 is 10.6 Å². The second-order valence-electron chi connectivity index (χ2n) is 15.0. The Bertz CT molecular complexity index is 3360. The van der Waals surface area contributed by atoms with Crippen molar-refractivity contribution in [2.24, 2.45) is 0 Å². The van der Waals surface area contributed by atoms with Crippen LogP contribution in [0.2, 0.25) is 0 Å². The normalized spacial score (nSPS) is 15.9. The third-order valence-corrected chi connectivity index (χ3v) is 11.8. The summed E-state index contributed by atoms with van der Waals surface area (Å²) in [6.07, 6.45) is 2.18. The van der Waals surface area contributed by atoms with Gasteiger partial charge in [-0.1, -0.05) is 133 Å². The Labute approximate surface area is 328 Å². The quantitative estimate of drug-likeness (QED) is 0.185. The molecular weight excluding hydrogens is 697 g/mol. The van der Waals surface area contributed by atoms with Crippen LogP contribution in [0.15, 0.2) is 199 Å². The summed E-state index contributed by atoms with van der Waals surface area (Å²) >= 11 is 0. The molecule has 1 aliphatic heterocycles. The van der Waals surface area contributed by atoms with Crippen molar-refractivity contribution in [2.75, 3.05) is 0 Å². The van der Waals surface area contributed by atoms with Gasteiger partial charge in [-0.3, -0.25) is 5.32 Å². The summed E-state index contributed by atoms with van der Waals surface area (Å²) in [5.41, 5.74) is 13.3. The predicted octanol–water partition coefficient (Wildman–Crippen LogP) is 12.8. The van der Waals surface area contributed by atoms with Crippen LogP contribution in [-0.2, 0) is 0 Å². The zero-order chi connectivity index (χ0) is 37.5. The topological polar surface area (TPSA) is 47.1 Å². The predicted molar refractivity (Wildman–Crippen MR) is 235 cm³/mol. The maximum Gasteiger partial charge on any atom is 0.137 e. The molecule has 0 bridgehead atoms. The number of hydrogen-bond donors (Lipinski definition) is 2. The van der Waals surface area contributed by atoms with Crippen molar-refractivity contribution in [3.05, 3.63) is 211 Å². The number of fused-ring (bicyclic) bond motifs is 10. The molecule has 12 rings (SSSR count). The van der Waals surface area contributed by atoms with Gasteiger partial charge in [0.15, 0.2) is 0 Å². The first-order valence-electron chi connectivity index (χ1n) is 19.6. The number of furan rings is 1. The molecule has 5 heteroatoms. The van der Waals surface area contributed by atoms with Crippen LogP contribution in [0.1, 0.15) is 28.9 Å². The minimum atomic E-state index is -0.120. The van der Waals surface area contributed by atoms with Crippen LogP contribution in [0.3, 0.4) is 0 Å². The summed E-state index contributed by atoms with van der Waals surface area (Å²) in [6.45, 7) is 0. The molecule has 57 heavy (non-hydrogen) atoms. The summed E-state index contributed by atoms with van der Waals surface area (Å²) in [5.74, 6) is 0. The van der Waals surface area contributed by atoms with Crippen molar-refractivity contribution in [1.29, 1.82) is 0 Å². The second-order valence-corrected chi connectivity index (χ2v) is 15.0. The number of nitrogens with zero attached hydrogens (tertiary/aromatic N) is 2. The molecule has 0 saturated heterocycles. The minimum absolute atomic E-state index is 0.0398.